The first-order chi connectivity index (χ1) is 9.75. The van der Waals surface area contributed by atoms with Gasteiger partial charge in [-0.05, 0) is 36.3 Å². The Bertz CT molecular complexity index is 631. The maximum atomic E-state index is 12.3. The van der Waals surface area contributed by atoms with Crippen molar-refractivity contribution in [1.29, 1.82) is 0 Å². The van der Waals surface area contributed by atoms with Gasteiger partial charge in [-0.15, -0.1) is 11.3 Å². The highest BCUT2D eigenvalue weighted by Crippen LogP contribution is 2.23. The van der Waals surface area contributed by atoms with E-state index in [9.17, 15) is 4.79 Å². The lowest BCUT2D eigenvalue weighted by Crippen LogP contribution is -2.39. The molecule has 2 aromatic heterocycles. The third kappa shape index (κ3) is 2.81. The Labute approximate surface area is 123 Å². The highest BCUT2D eigenvalue weighted by Gasteiger charge is 2.20. The second-order valence-electron chi connectivity index (χ2n) is 5.84. The van der Waals surface area contributed by atoms with Gasteiger partial charge in [-0.1, -0.05) is 19.8 Å². The van der Waals surface area contributed by atoms with Gasteiger partial charge in [0.25, 0.3) is 5.56 Å². The van der Waals surface area contributed by atoms with Crippen molar-refractivity contribution in [1.82, 2.24) is 9.88 Å². The van der Waals surface area contributed by atoms with Crippen LogP contribution >= 0.6 is 11.3 Å². The molecule has 4 heteroatoms. The van der Waals surface area contributed by atoms with Crippen molar-refractivity contribution in [2.45, 2.75) is 45.2 Å². The van der Waals surface area contributed by atoms with Crippen molar-refractivity contribution in [3.05, 3.63) is 34.1 Å². The molecule has 0 aliphatic heterocycles. The summed E-state index contributed by atoms with van der Waals surface area (Å²) in [7, 11) is 0. The summed E-state index contributed by atoms with van der Waals surface area (Å²) < 4.78 is 2.91. The summed E-state index contributed by atoms with van der Waals surface area (Å²) in [6, 6.07) is 4.60. The second-order valence-corrected chi connectivity index (χ2v) is 6.78. The maximum Gasteiger partial charge on any atom is 0.259 e. The monoisotopic (exact) mass is 290 g/mol. The van der Waals surface area contributed by atoms with Crippen LogP contribution in [-0.4, -0.2) is 17.2 Å². The van der Waals surface area contributed by atoms with E-state index in [0.717, 1.165) is 29.1 Å². The van der Waals surface area contributed by atoms with Gasteiger partial charge in [0.1, 0.15) is 0 Å². The first kappa shape index (κ1) is 13.8. The summed E-state index contributed by atoms with van der Waals surface area (Å²) in [5, 5.41) is 6.47. The molecular formula is C16H22N2OS. The quantitative estimate of drug-likeness (QED) is 0.938. The molecule has 0 aromatic carbocycles. The van der Waals surface area contributed by atoms with Gasteiger partial charge >= 0.3 is 0 Å². The molecule has 20 heavy (non-hydrogen) atoms. The van der Waals surface area contributed by atoms with Crippen molar-refractivity contribution in [3.8, 4) is 0 Å². The third-order valence-corrected chi connectivity index (χ3v) is 5.35. The predicted octanol–water partition coefficient (Wildman–Crippen LogP) is 3.23. The van der Waals surface area contributed by atoms with Crippen molar-refractivity contribution in [2.75, 3.05) is 6.54 Å². The molecule has 1 saturated carbocycles. The highest BCUT2D eigenvalue weighted by atomic mass is 32.1. The highest BCUT2D eigenvalue weighted by molar-refractivity contribution is 7.17. The molecule has 2 atom stereocenters. The van der Waals surface area contributed by atoms with E-state index in [-0.39, 0.29) is 5.56 Å². The molecule has 3 nitrogen and oxygen atoms in total. The Morgan fingerprint density at radius 1 is 1.35 bits per heavy atom. The average molecular weight is 290 g/mol. The lowest BCUT2D eigenvalue weighted by atomic mass is 9.86. The number of hydrogen-bond acceptors (Lipinski definition) is 3. The smallest absolute Gasteiger partial charge is 0.259 e. The third-order valence-electron chi connectivity index (χ3n) is 4.46. The summed E-state index contributed by atoms with van der Waals surface area (Å²) in [6.07, 6.45) is 7.24. The molecule has 1 aliphatic carbocycles. The zero-order valence-corrected chi connectivity index (χ0v) is 12.8. The predicted molar refractivity (Wildman–Crippen MR) is 85.5 cm³/mol. The van der Waals surface area contributed by atoms with Crippen LogP contribution in [0.3, 0.4) is 0 Å². The number of pyridine rings is 1. The van der Waals surface area contributed by atoms with Crippen molar-refractivity contribution >= 4 is 21.4 Å². The van der Waals surface area contributed by atoms with Crippen LogP contribution in [-0.2, 0) is 6.54 Å². The number of thiophene rings is 1. The van der Waals surface area contributed by atoms with E-state index >= 15 is 0 Å². The van der Waals surface area contributed by atoms with Gasteiger partial charge < -0.3 is 9.88 Å². The van der Waals surface area contributed by atoms with E-state index in [1.807, 2.05) is 28.3 Å². The fourth-order valence-corrected chi connectivity index (χ4v) is 3.95. The van der Waals surface area contributed by atoms with Gasteiger partial charge in [0.15, 0.2) is 0 Å². The molecule has 0 amide bonds. The Kier molecular flexibility index (Phi) is 4.22. The topological polar surface area (TPSA) is 34.0 Å². The SMILES string of the molecule is CC1CCCCC1NCCn1ccc2sccc2c1=O. The van der Waals surface area contributed by atoms with E-state index < -0.39 is 0 Å². The van der Waals surface area contributed by atoms with Crippen molar-refractivity contribution < 1.29 is 0 Å². The van der Waals surface area contributed by atoms with E-state index in [0.29, 0.717) is 6.04 Å². The minimum absolute atomic E-state index is 0.141. The van der Waals surface area contributed by atoms with Crippen molar-refractivity contribution in [3.63, 3.8) is 0 Å². The van der Waals surface area contributed by atoms with E-state index in [2.05, 4.69) is 12.2 Å². The van der Waals surface area contributed by atoms with E-state index in [4.69, 9.17) is 0 Å². The molecular weight excluding hydrogens is 268 g/mol. The summed E-state index contributed by atoms with van der Waals surface area (Å²) in [4.78, 5) is 12.3. The molecule has 1 fully saturated rings. The second kappa shape index (κ2) is 6.10. The molecule has 0 spiro atoms. The number of rotatable bonds is 4. The Hall–Kier alpha value is -1.13. The number of nitrogens with one attached hydrogen (secondary N) is 1. The summed E-state index contributed by atoms with van der Waals surface area (Å²) >= 11 is 1.63. The Morgan fingerprint density at radius 2 is 2.20 bits per heavy atom. The van der Waals surface area contributed by atoms with Crippen molar-refractivity contribution in [2.24, 2.45) is 5.92 Å². The van der Waals surface area contributed by atoms with Gasteiger partial charge in [0, 0.05) is 30.0 Å². The zero-order chi connectivity index (χ0) is 13.9. The van der Waals surface area contributed by atoms with Gasteiger partial charge in [0.2, 0.25) is 0 Å². The molecule has 1 N–H and O–H groups in total. The molecule has 0 bridgehead atoms. The minimum Gasteiger partial charge on any atom is -0.314 e. The van der Waals surface area contributed by atoms with Crippen LogP contribution in [0.1, 0.15) is 32.6 Å². The number of nitrogens with zero attached hydrogens (tertiary/aromatic N) is 1. The first-order valence-corrected chi connectivity index (χ1v) is 8.44. The van der Waals surface area contributed by atoms with Gasteiger partial charge in [-0.2, -0.15) is 0 Å². The fraction of sp³-hybridized carbons (Fsp3) is 0.562. The van der Waals surface area contributed by atoms with Crippen LogP contribution in [0.25, 0.3) is 10.1 Å². The molecule has 2 aromatic rings. The Morgan fingerprint density at radius 3 is 3.05 bits per heavy atom. The molecule has 0 saturated heterocycles. The molecule has 108 valence electrons. The minimum atomic E-state index is 0.141. The largest absolute Gasteiger partial charge is 0.314 e. The van der Waals surface area contributed by atoms with E-state index in [1.54, 1.807) is 11.3 Å². The number of aromatic nitrogens is 1. The standard InChI is InChI=1S/C16H22N2OS/c1-12-4-2-3-5-14(12)17-8-10-18-9-6-15-13(16(18)19)7-11-20-15/h6-7,9,11-12,14,17H,2-5,8,10H2,1H3. The average Bonchev–Trinajstić information content (AvgIpc) is 2.93. The zero-order valence-electron chi connectivity index (χ0n) is 12.0. The van der Waals surface area contributed by atoms with Gasteiger partial charge in [0.05, 0.1) is 5.39 Å². The summed E-state index contributed by atoms with van der Waals surface area (Å²) in [5.41, 5.74) is 0.141. The molecule has 2 heterocycles. The van der Waals surface area contributed by atoms with Gasteiger partial charge in [-0.25, -0.2) is 0 Å². The molecule has 1 aliphatic rings. The van der Waals surface area contributed by atoms with Crippen LogP contribution in [0.4, 0.5) is 0 Å². The fourth-order valence-electron chi connectivity index (χ4n) is 3.17. The molecule has 0 radical (unpaired) electrons. The number of hydrogen-bond donors (Lipinski definition) is 1. The summed E-state index contributed by atoms with van der Waals surface area (Å²) in [6.45, 7) is 3.97. The van der Waals surface area contributed by atoms with Crippen LogP contribution in [0, 0.1) is 5.92 Å². The van der Waals surface area contributed by atoms with Crippen LogP contribution < -0.4 is 10.9 Å². The first-order valence-electron chi connectivity index (χ1n) is 7.56. The lowest BCUT2D eigenvalue weighted by Gasteiger charge is -2.29. The normalized spacial score (nSPS) is 23.2. The van der Waals surface area contributed by atoms with Gasteiger partial charge in [-0.3, -0.25) is 4.79 Å². The molecule has 2 unspecified atom stereocenters. The van der Waals surface area contributed by atoms with Crippen LogP contribution in [0.5, 0.6) is 0 Å². The van der Waals surface area contributed by atoms with E-state index in [1.165, 1.54) is 25.7 Å². The summed E-state index contributed by atoms with van der Waals surface area (Å²) in [5.74, 6) is 0.764. The van der Waals surface area contributed by atoms with Crippen LogP contribution in [0.2, 0.25) is 0 Å². The van der Waals surface area contributed by atoms with Crippen LogP contribution in [0.15, 0.2) is 28.5 Å². The lowest BCUT2D eigenvalue weighted by molar-refractivity contribution is 0.278. The molecule has 3 rings (SSSR count). The number of fused-ring (bicyclic) bond motifs is 1. The Balaban J connectivity index is 1.62. The maximum absolute atomic E-state index is 12.3.